The van der Waals surface area contributed by atoms with Gasteiger partial charge in [0.2, 0.25) is 5.92 Å². The third kappa shape index (κ3) is 2.75. The Morgan fingerprint density at radius 2 is 1.33 bits per heavy atom. The lowest BCUT2D eigenvalue weighted by Gasteiger charge is -2.20. The van der Waals surface area contributed by atoms with Crippen molar-refractivity contribution in [1.29, 1.82) is 0 Å². The SMILES string of the molecule is FC1(F)CCCCC1.N. The topological polar surface area (TPSA) is 35.0 Å². The van der Waals surface area contributed by atoms with Crippen LogP contribution in [0.2, 0.25) is 0 Å². The van der Waals surface area contributed by atoms with Crippen LogP contribution in [0.15, 0.2) is 0 Å². The van der Waals surface area contributed by atoms with Gasteiger partial charge >= 0.3 is 0 Å². The number of hydrogen-bond acceptors (Lipinski definition) is 1. The molecule has 0 bridgehead atoms. The maximum Gasteiger partial charge on any atom is 0.248 e. The molecule has 0 radical (unpaired) electrons. The van der Waals surface area contributed by atoms with Gasteiger partial charge in [0.15, 0.2) is 0 Å². The molecule has 0 amide bonds. The van der Waals surface area contributed by atoms with E-state index < -0.39 is 5.92 Å². The second-order valence-electron chi connectivity index (χ2n) is 2.42. The van der Waals surface area contributed by atoms with Gasteiger partial charge < -0.3 is 6.15 Å². The molecule has 1 fully saturated rings. The predicted molar refractivity (Wildman–Crippen MR) is 33.1 cm³/mol. The highest BCUT2D eigenvalue weighted by atomic mass is 19.3. The van der Waals surface area contributed by atoms with Gasteiger partial charge in [-0.25, -0.2) is 8.78 Å². The van der Waals surface area contributed by atoms with Gasteiger partial charge in [0, 0.05) is 12.8 Å². The quantitative estimate of drug-likeness (QED) is 0.547. The highest BCUT2D eigenvalue weighted by Gasteiger charge is 2.30. The van der Waals surface area contributed by atoms with Gasteiger partial charge in [-0.2, -0.15) is 0 Å². The third-order valence-corrected chi connectivity index (χ3v) is 1.59. The minimum absolute atomic E-state index is 0. The van der Waals surface area contributed by atoms with E-state index >= 15 is 0 Å². The van der Waals surface area contributed by atoms with E-state index in [0.29, 0.717) is 12.8 Å². The summed E-state index contributed by atoms with van der Waals surface area (Å²) >= 11 is 0. The fraction of sp³-hybridized carbons (Fsp3) is 1.00. The summed E-state index contributed by atoms with van der Waals surface area (Å²) in [5.74, 6) is -2.32. The first-order valence-corrected chi connectivity index (χ1v) is 3.09. The Morgan fingerprint density at radius 1 is 0.889 bits per heavy atom. The summed E-state index contributed by atoms with van der Waals surface area (Å²) in [7, 11) is 0. The van der Waals surface area contributed by atoms with E-state index in [9.17, 15) is 8.78 Å². The lowest BCUT2D eigenvalue weighted by Crippen LogP contribution is -2.18. The third-order valence-electron chi connectivity index (χ3n) is 1.59. The fourth-order valence-electron chi connectivity index (χ4n) is 1.07. The Kier molecular flexibility index (Phi) is 3.04. The Labute approximate surface area is 54.0 Å². The second kappa shape index (κ2) is 3.11. The van der Waals surface area contributed by atoms with Crippen LogP contribution in [0.1, 0.15) is 32.1 Å². The predicted octanol–water partition coefficient (Wildman–Crippen LogP) is 2.75. The highest BCUT2D eigenvalue weighted by molar-refractivity contribution is 4.70. The van der Waals surface area contributed by atoms with Crippen LogP contribution in [0.25, 0.3) is 0 Å². The molecular weight excluding hydrogens is 124 g/mol. The minimum Gasteiger partial charge on any atom is -0.344 e. The number of alkyl halides is 2. The Balaban J connectivity index is 0.000000640. The minimum atomic E-state index is -2.32. The molecule has 9 heavy (non-hydrogen) atoms. The molecule has 1 aliphatic carbocycles. The van der Waals surface area contributed by atoms with E-state index in [4.69, 9.17) is 0 Å². The molecule has 0 aliphatic heterocycles. The molecule has 56 valence electrons. The highest BCUT2D eigenvalue weighted by Crippen LogP contribution is 2.32. The molecule has 0 heterocycles. The van der Waals surface area contributed by atoms with Crippen molar-refractivity contribution in [2.45, 2.75) is 38.0 Å². The molecule has 1 aliphatic rings. The standard InChI is InChI=1S/C6H10F2.H3N/c7-6(8)4-2-1-3-5-6;/h1-5H2;1H3. The molecule has 0 aromatic rings. The molecule has 3 N–H and O–H groups in total. The van der Waals surface area contributed by atoms with Gasteiger partial charge in [0.05, 0.1) is 0 Å². The van der Waals surface area contributed by atoms with Crippen molar-refractivity contribution < 1.29 is 8.78 Å². The van der Waals surface area contributed by atoms with Crippen LogP contribution in [0, 0.1) is 0 Å². The molecule has 0 saturated heterocycles. The summed E-state index contributed by atoms with van der Waals surface area (Å²) in [5.41, 5.74) is 0. The average molecular weight is 137 g/mol. The number of halogens is 2. The molecule has 0 spiro atoms. The van der Waals surface area contributed by atoms with Crippen molar-refractivity contribution in [2.24, 2.45) is 0 Å². The van der Waals surface area contributed by atoms with Gasteiger partial charge in [-0.3, -0.25) is 0 Å². The lowest BCUT2D eigenvalue weighted by atomic mass is 9.97. The van der Waals surface area contributed by atoms with Crippen molar-refractivity contribution in [3.05, 3.63) is 0 Å². The molecule has 1 rings (SSSR count). The van der Waals surface area contributed by atoms with Crippen LogP contribution in [-0.4, -0.2) is 5.92 Å². The Bertz CT molecular complexity index is 75.1. The van der Waals surface area contributed by atoms with Gasteiger partial charge in [-0.15, -0.1) is 0 Å². The van der Waals surface area contributed by atoms with Crippen LogP contribution in [0.4, 0.5) is 8.78 Å². The molecule has 1 saturated carbocycles. The average Bonchev–Trinajstić information content (AvgIpc) is 1.65. The summed E-state index contributed by atoms with van der Waals surface area (Å²) in [6.45, 7) is 0. The summed E-state index contributed by atoms with van der Waals surface area (Å²) < 4.78 is 24.4. The molecule has 0 aromatic carbocycles. The zero-order valence-electron chi connectivity index (χ0n) is 5.50. The zero-order valence-corrected chi connectivity index (χ0v) is 5.50. The van der Waals surface area contributed by atoms with Crippen LogP contribution >= 0.6 is 0 Å². The van der Waals surface area contributed by atoms with Gasteiger partial charge in [0.1, 0.15) is 0 Å². The smallest absolute Gasteiger partial charge is 0.248 e. The first-order valence-electron chi connectivity index (χ1n) is 3.09. The van der Waals surface area contributed by atoms with E-state index in [1.54, 1.807) is 0 Å². The van der Waals surface area contributed by atoms with Crippen molar-refractivity contribution in [1.82, 2.24) is 6.15 Å². The fourth-order valence-corrected chi connectivity index (χ4v) is 1.07. The van der Waals surface area contributed by atoms with Gasteiger partial charge in [-0.1, -0.05) is 6.42 Å². The molecule has 1 nitrogen and oxygen atoms in total. The van der Waals surface area contributed by atoms with Gasteiger partial charge in [0.25, 0.3) is 0 Å². The maximum atomic E-state index is 12.2. The summed E-state index contributed by atoms with van der Waals surface area (Å²) in [6.07, 6.45) is 2.66. The van der Waals surface area contributed by atoms with E-state index in [2.05, 4.69) is 0 Å². The monoisotopic (exact) mass is 137 g/mol. The molecule has 0 aromatic heterocycles. The Hall–Kier alpha value is -0.180. The van der Waals surface area contributed by atoms with Crippen molar-refractivity contribution in [2.75, 3.05) is 0 Å². The van der Waals surface area contributed by atoms with E-state index in [1.807, 2.05) is 0 Å². The molecule has 0 unspecified atom stereocenters. The van der Waals surface area contributed by atoms with Gasteiger partial charge in [-0.05, 0) is 12.8 Å². The van der Waals surface area contributed by atoms with Crippen molar-refractivity contribution in [3.63, 3.8) is 0 Å². The van der Waals surface area contributed by atoms with Crippen LogP contribution in [-0.2, 0) is 0 Å². The lowest BCUT2D eigenvalue weighted by molar-refractivity contribution is -0.0337. The van der Waals surface area contributed by atoms with E-state index in [-0.39, 0.29) is 19.0 Å². The van der Waals surface area contributed by atoms with Crippen LogP contribution < -0.4 is 6.15 Å². The first-order chi connectivity index (χ1) is 3.71. The van der Waals surface area contributed by atoms with E-state index in [0.717, 1.165) is 6.42 Å². The summed E-state index contributed by atoms with van der Waals surface area (Å²) in [4.78, 5) is 0. The van der Waals surface area contributed by atoms with Crippen molar-refractivity contribution >= 4 is 0 Å². The molecule has 0 atom stereocenters. The van der Waals surface area contributed by atoms with E-state index in [1.165, 1.54) is 0 Å². The first kappa shape index (κ1) is 8.82. The number of hydrogen-bond donors (Lipinski definition) is 1. The normalized spacial score (nSPS) is 24.7. The Morgan fingerprint density at radius 3 is 1.56 bits per heavy atom. The summed E-state index contributed by atoms with van der Waals surface area (Å²) in [5, 5.41) is 0. The number of rotatable bonds is 0. The largest absolute Gasteiger partial charge is 0.344 e. The molecule has 3 heteroatoms. The van der Waals surface area contributed by atoms with Crippen LogP contribution in [0.3, 0.4) is 0 Å². The molecular formula is C6H13F2N. The zero-order chi connectivity index (χ0) is 6.04. The second-order valence-corrected chi connectivity index (χ2v) is 2.42. The maximum absolute atomic E-state index is 12.2. The van der Waals surface area contributed by atoms with Crippen LogP contribution in [0.5, 0.6) is 0 Å². The summed E-state index contributed by atoms with van der Waals surface area (Å²) in [6, 6.07) is 0. The van der Waals surface area contributed by atoms with Crippen molar-refractivity contribution in [3.8, 4) is 0 Å².